The smallest absolute Gasteiger partial charge is 0.409 e. The van der Waals surface area contributed by atoms with Crippen molar-refractivity contribution in [3.8, 4) is 23.1 Å². The summed E-state index contributed by atoms with van der Waals surface area (Å²) >= 11 is 0. The zero-order chi connectivity index (χ0) is 20.1. The molecular weight excluding hydrogens is 360 g/mol. The summed E-state index contributed by atoms with van der Waals surface area (Å²) < 4.78 is 5.04. The van der Waals surface area contributed by atoms with Crippen molar-refractivity contribution in [1.29, 1.82) is 0 Å². The Balaban J connectivity index is 1.69. The number of aromatic nitrogens is 2. The lowest BCUT2D eigenvalue weighted by atomic mass is 10.1. The number of anilines is 1. The van der Waals surface area contributed by atoms with Crippen molar-refractivity contribution in [2.45, 2.75) is 13.3 Å². The summed E-state index contributed by atoms with van der Waals surface area (Å²) in [6, 6.07) is 7.55. The van der Waals surface area contributed by atoms with E-state index in [2.05, 4.69) is 21.4 Å². The molecule has 1 aliphatic heterocycles. The number of piperazine rings is 1. The van der Waals surface area contributed by atoms with Crippen molar-refractivity contribution in [3.05, 3.63) is 42.5 Å². The molecule has 0 bridgehead atoms. The average molecular weight is 384 g/mol. The monoisotopic (exact) mass is 384 g/mol. The number of benzene rings is 1. The highest BCUT2D eigenvalue weighted by Gasteiger charge is 2.22. The van der Waals surface area contributed by atoms with Gasteiger partial charge in [0, 0.05) is 43.9 Å². The van der Waals surface area contributed by atoms with Crippen LogP contribution in [0.5, 0.6) is 11.8 Å². The number of amides is 1. The second-order valence-electron chi connectivity index (χ2n) is 6.39. The molecule has 0 aliphatic carbocycles. The van der Waals surface area contributed by atoms with Crippen LogP contribution >= 0.6 is 0 Å². The summed E-state index contributed by atoms with van der Waals surface area (Å²) in [5.74, 6) is -0.246. The van der Waals surface area contributed by atoms with Crippen LogP contribution in [0.4, 0.5) is 10.5 Å². The van der Waals surface area contributed by atoms with Gasteiger partial charge in [-0.05, 0) is 31.2 Å². The number of carbonyl (C=O) groups is 1. The first-order valence-electron chi connectivity index (χ1n) is 9.20. The lowest BCUT2D eigenvalue weighted by Crippen LogP contribution is -2.49. The van der Waals surface area contributed by atoms with Crippen molar-refractivity contribution in [1.82, 2.24) is 14.9 Å². The van der Waals surface area contributed by atoms with Crippen molar-refractivity contribution in [3.63, 3.8) is 0 Å². The number of rotatable bonds is 5. The molecular formula is C20H24N4O4. The van der Waals surface area contributed by atoms with Gasteiger partial charge in [0.15, 0.2) is 5.82 Å². The van der Waals surface area contributed by atoms with Gasteiger partial charge in [-0.3, -0.25) is 0 Å². The lowest BCUT2D eigenvalue weighted by Gasteiger charge is -2.35. The van der Waals surface area contributed by atoms with Crippen LogP contribution in [0.15, 0.2) is 36.9 Å². The quantitative estimate of drug-likeness (QED) is 0.764. The molecule has 1 saturated heterocycles. The molecule has 0 unspecified atom stereocenters. The van der Waals surface area contributed by atoms with Crippen molar-refractivity contribution >= 4 is 11.8 Å². The summed E-state index contributed by atoms with van der Waals surface area (Å²) in [5, 5.41) is 20.0. The standard InChI is InChI=1S/C20H24N4O4/c1-3-5-16-18(25)21-17(22-19(16)26)14-6-8-15(9-7-14)23-10-12-24(13-11-23)20(27)28-4-2/h3,6-9H,1,4-5,10-13H2,2H3,(H2,21,22,25,26). The Morgan fingerprint density at radius 1 is 1.14 bits per heavy atom. The van der Waals surface area contributed by atoms with Crippen molar-refractivity contribution in [2.24, 2.45) is 0 Å². The number of aromatic hydroxyl groups is 2. The van der Waals surface area contributed by atoms with E-state index >= 15 is 0 Å². The van der Waals surface area contributed by atoms with Gasteiger partial charge in [-0.15, -0.1) is 6.58 Å². The average Bonchev–Trinajstić information content (AvgIpc) is 2.71. The number of ether oxygens (including phenoxy) is 1. The Morgan fingerprint density at radius 2 is 1.75 bits per heavy atom. The maximum atomic E-state index is 11.8. The van der Waals surface area contributed by atoms with Crippen LogP contribution in [0.1, 0.15) is 12.5 Å². The molecule has 1 aromatic heterocycles. The predicted octanol–water partition coefficient (Wildman–Crippen LogP) is 2.56. The van der Waals surface area contributed by atoms with E-state index in [-0.39, 0.29) is 35.7 Å². The molecule has 2 heterocycles. The van der Waals surface area contributed by atoms with E-state index in [1.54, 1.807) is 17.9 Å². The van der Waals surface area contributed by atoms with Gasteiger partial charge < -0.3 is 24.7 Å². The topological polar surface area (TPSA) is 99.0 Å². The SMILES string of the molecule is C=CCc1c(O)nc(-c2ccc(N3CCN(C(=O)OCC)CC3)cc2)nc1O. The van der Waals surface area contributed by atoms with E-state index in [4.69, 9.17) is 4.74 Å². The number of carbonyl (C=O) groups excluding carboxylic acids is 1. The fraction of sp³-hybridized carbons (Fsp3) is 0.350. The van der Waals surface area contributed by atoms with E-state index in [0.717, 1.165) is 5.69 Å². The second-order valence-corrected chi connectivity index (χ2v) is 6.39. The Kier molecular flexibility index (Phi) is 5.98. The Hall–Kier alpha value is -3.29. The second kappa shape index (κ2) is 8.60. The lowest BCUT2D eigenvalue weighted by molar-refractivity contribution is 0.105. The first-order valence-corrected chi connectivity index (χ1v) is 9.20. The highest BCUT2D eigenvalue weighted by molar-refractivity contribution is 5.68. The van der Waals surface area contributed by atoms with Gasteiger partial charge in [-0.1, -0.05) is 6.08 Å². The summed E-state index contributed by atoms with van der Waals surface area (Å²) in [6.45, 7) is 8.40. The third kappa shape index (κ3) is 4.16. The van der Waals surface area contributed by atoms with E-state index < -0.39 is 0 Å². The van der Waals surface area contributed by atoms with Gasteiger partial charge >= 0.3 is 6.09 Å². The molecule has 8 heteroatoms. The highest BCUT2D eigenvalue weighted by Crippen LogP contribution is 2.29. The third-order valence-electron chi connectivity index (χ3n) is 4.61. The van der Waals surface area contributed by atoms with Crippen LogP contribution in [0.2, 0.25) is 0 Å². The molecule has 1 fully saturated rings. The molecule has 0 saturated carbocycles. The van der Waals surface area contributed by atoms with Gasteiger partial charge in [-0.2, -0.15) is 9.97 Å². The van der Waals surface area contributed by atoms with Crippen LogP contribution in [-0.2, 0) is 11.2 Å². The maximum Gasteiger partial charge on any atom is 0.409 e. The first-order chi connectivity index (χ1) is 13.5. The number of hydrogen-bond acceptors (Lipinski definition) is 7. The minimum Gasteiger partial charge on any atom is -0.493 e. The van der Waals surface area contributed by atoms with Crippen LogP contribution in [0, 0.1) is 0 Å². The van der Waals surface area contributed by atoms with Crippen LogP contribution < -0.4 is 4.90 Å². The molecule has 1 aliphatic rings. The highest BCUT2D eigenvalue weighted by atomic mass is 16.6. The van der Waals surface area contributed by atoms with Crippen LogP contribution in [0.25, 0.3) is 11.4 Å². The first kappa shape index (κ1) is 19.5. The summed E-state index contributed by atoms with van der Waals surface area (Å²) in [6.07, 6.45) is 1.58. The van der Waals surface area contributed by atoms with Gasteiger partial charge in [0.2, 0.25) is 11.8 Å². The van der Waals surface area contributed by atoms with Crippen molar-refractivity contribution < 1.29 is 19.7 Å². The summed E-state index contributed by atoms with van der Waals surface area (Å²) in [5.41, 5.74) is 1.96. The Morgan fingerprint density at radius 3 is 2.29 bits per heavy atom. The largest absolute Gasteiger partial charge is 0.493 e. The van der Waals surface area contributed by atoms with E-state index in [1.807, 2.05) is 24.3 Å². The Bertz CT molecular complexity index is 823. The number of allylic oxidation sites excluding steroid dienone is 1. The number of hydrogen-bond donors (Lipinski definition) is 2. The van der Waals surface area contributed by atoms with Gasteiger partial charge in [0.05, 0.1) is 12.2 Å². The Labute approximate surface area is 163 Å². The molecule has 28 heavy (non-hydrogen) atoms. The van der Waals surface area contributed by atoms with Crippen LogP contribution in [-0.4, -0.2) is 64.0 Å². The summed E-state index contributed by atoms with van der Waals surface area (Å²) in [7, 11) is 0. The van der Waals surface area contributed by atoms with Crippen LogP contribution in [0.3, 0.4) is 0 Å². The molecule has 2 aromatic rings. The van der Waals surface area contributed by atoms with Gasteiger partial charge in [0.25, 0.3) is 0 Å². The molecule has 3 rings (SSSR count). The minimum absolute atomic E-state index is 0.249. The molecule has 1 aromatic carbocycles. The number of nitrogens with zero attached hydrogens (tertiary/aromatic N) is 4. The van der Waals surface area contributed by atoms with Crippen molar-refractivity contribution in [2.75, 3.05) is 37.7 Å². The molecule has 0 atom stereocenters. The third-order valence-corrected chi connectivity index (χ3v) is 4.61. The molecule has 8 nitrogen and oxygen atoms in total. The summed E-state index contributed by atoms with van der Waals surface area (Å²) in [4.78, 5) is 23.8. The molecule has 1 amide bonds. The predicted molar refractivity (Wildman–Crippen MR) is 106 cm³/mol. The molecule has 148 valence electrons. The fourth-order valence-electron chi connectivity index (χ4n) is 3.10. The van der Waals surface area contributed by atoms with E-state index in [1.165, 1.54) is 0 Å². The minimum atomic E-state index is -0.269. The zero-order valence-corrected chi connectivity index (χ0v) is 15.8. The van der Waals surface area contributed by atoms with E-state index in [9.17, 15) is 15.0 Å². The van der Waals surface area contributed by atoms with Gasteiger partial charge in [0.1, 0.15) is 0 Å². The normalized spacial score (nSPS) is 14.0. The molecule has 0 radical (unpaired) electrons. The molecule has 0 spiro atoms. The molecule has 2 N–H and O–H groups in total. The van der Waals surface area contributed by atoms with E-state index in [0.29, 0.717) is 38.3 Å². The zero-order valence-electron chi connectivity index (χ0n) is 15.8. The van der Waals surface area contributed by atoms with Gasteiger partial charge in [-0.25, -0.2) is 4.79 Å². The maximum absolute atomic E-state index is 11.8. The fourth-order valence-corrected chi connectivity index (χ4v) is 3.10.